The molecule has 0 aliphatic carbocycles. The van der Waals surface area contributed by atoms with E-state index in [1.165, 1.54) is 0 Å². The van der Waals surface area contributed by atoms with Gasteiger partial charge in [-0.2, -0.15) is 0 Å². The van der Waals surface area contributed by atoms with Crippen molar-refractivity contribution in [3.63, 3.8) is 0 Å². The monoisotopic (exact) mass is 200 g/mol. The van der Waals surface area contributed by atoms with Crippen molar-refractivity contribution in [1.82, 2.24) is 10.6 Å². The van der Waals surface area contributed by atoms with Crippen molar-refractivity contribution in [3.05, 3.63) is 12.2 Å². The molecule has 4 nitrogen and oxygen atoms in total. The van der Waals surface area contributed by atoms with Crippen molar-refractivity contribution < 1.29 is 9.53 Å². The van der Waals surface area contributed by atoms with Crippen molar-refractivity contribution in [2.24, 2.45) is 0 Å². The predicted octanol–water partition coefficient (Wildman–Crippen LogP) is 0.305. The van der Waals surface area contributed by atoms with Crippen LogP contribution in [0.2, 0.25) is 0 Å². The van der Waals surface area contributed by atoms with Gasteiger partial charge in [0.2, 0.25) is 5.91 Å². The highest BCUT2D eigenvalue weighted by Crippen LogP contribution is 1.91. The number of rotatable bonds is 8. The highest BCUT2D eigenvalue weighted by molar-refractivity contribution is 5.77. The Kier molecular flexibility index (Phi) is 8.17. The first-order valence-electron chi connectivity index (χ1n) is 4.83. The molecule has 0 aromatic carbocycles. The van der Waals surface area contributed by atoms with E-state index in [4.69, 9.17) is 4.74 Å². The van der Waals surface area contributed by atoms with Crippen LogP contribution in [0.3, 0.4) is 0 Å². The van der Waals surface area contributed by atoms with Gasteiger partial charge in [0.05, 0.1) is 13.2 Å². The first kappa shape index (κ1) is 13.1. The van der Waals surface area contributed by atoms with E-state index in [2.05, 4.69) is 17.2 Å². The lowest BCUT2D eigenvalue weighted by atomic mass is 10.2. The quantitative estimate of drug-likeness (QED) is 0.438. The summed E-state index contributed by atoms with van der Waals surface area (Å²) >= 11 is 0. The molecule has 0 bridgehead atoms. The molecule has 4 heteroatoms. The third-order valence-corrected chi connectivity index (χ3v) is 1.79. The van der Waals surface area contributed by atoms with Gasteiger partial charge in [-0.05, 0) is 6.42 Å². The van der Waals surface area contributed by atoms with Gasteiger partial charge in [-0.3, -0.25) is 4.79 Å². The van der Waals surface area contributed by atoms with Crippen LogP contribution in [-0.2, 0) is 9.53 Å². The van der Waals surface area contributed by atoms with Gasteiger partial charge in [-0.1, -0.05) is 19.1 Å². The number of carbonyl (C=O) groups is 1. The summed E-state index contributed by atoms with van der Waals surface area (Å²) in [6.07, 6.45) is 0.943. The van der Waals surface area contributed by atoms with E-state index in [0.29, 0.717) is 26.2 Å². The average molecular weight is 200 g/mol. The van der Waals surface area contributed by atoms with Crippen molar-refractivity contribution in [2.75, 3.05) is 33.4 Å². The van der Waals surface area contributed by atoms with Gasteiger partial charge >= 0.3 is 0 Å². The number of amides is 1. The molecule has 82 valence electrons. The zero-order valence-corrected chi connectivity index (χ0v) is 9.06. The number of carbonyl (C=O) groups excluding carboxylic acids is 1. The van der Waals surface area contributed by atoms with E-state index in [9.17, 15) is 4.79 Å². The molecule has 14 heavy (non-hydrogen) atoms. The Labute approximate surface area is 85.7 Å². The molecule has 0 saturated heterocycles. The summed E-state index contributed by atoms with van der Waals surface area (Å²) in [6.45, 7) is 8.02. The Morgan fingerprint density at radius 1 is 1.43 bits per heavy atom. The number of methoxy groups -OCH3 is 1. The number of hydrogen-bond acceptors (Lipinski definition) is 3. The maximum Gasteiger partial charge on any atom is 0.234 e. The maximum absolute atomic E-state index is 11.1. The second-order valence-electron chi connectivity index (χ2n) is 3.05. The molecule has 0 aromatic heterocycles. The van der Waals surface area contributed by atoms with Crippen LogP contribution >= 0.6 is 0 Å². The normalized spacial score (nSPS) is 9.86. The number of hydrogen-bond donors (Lipinski definition) is 2. The predicted molar refractivity (Wildman–Crippen MR) is 57.2 cm³/mol. The largest absolute Gasteiger partial charge is 0.383 e. The Morgan fingerprint density at radius 3 is 2.71 bits per heavy atom. The Morgan fingerprint density at radius 2 is 2.14 bits per heavy atom. The zero-order chi connectivity index (χ0) is 10.8. The first-order chi connectivity index (χ1) is 6.70. The van der Waals surface area contributed by atoms with Crippen molar-refractivity contribution in [3.8, 4) is 0 Å². The molecular weight excluding hydrogens is 180 g/mol. The fraction of sp³-hybridized carbons (Fsp3) is 0.700. The fourth-order valence-corrected chi connectivity index (χ4v) is 0.833. The molecule has 0 saturated carbocycles. The molecule has 0 fully saturated rings. The molecule has 0 heterocycles. The third-order valence-electron chi connectivity index (χ3n) is 1.79. The topological polar surface area (TPSA) is 50.4 Å². The Hall–Kier alpha value is -0.870. The summed E-state index contributed by atoms with van der Waals surface area (Å²) in [6, 6.07) is 0. The van der Waals surface area contributed by atoms with Crippen LogP contribution < -0.4 is 10.6 Å². The second-order valence-corrected chi connectivity index (χ2v) is 3.05. The highest BCUT2D eigenvalue weighted by atomic mass is 16.5. The average Bonchev–Trinajstić information content (AvgIpc) is 2.18. The van der Waals surface area contributed by atoms with E-state index >= 15 is 0 Å². The van der Waals surface area contributed by atoms with Crippen LogP contribution in [0, 0.1) is 0 Å². The summed E-state index contributed by atoms with van der Waals surface area (Å²) < 4.78 is 4.80. The molecule has 0 unspecified atom stereocenters. The minimum atomic E-state index is -0.00838. The van der Waals surface area contributed by atoms with Crippen LogP contribution in [0.1, 0.15) is 13.3 Å². The van der Waals surface area contributed by atoms with Gasteiger partial charge in [0.15, 0.2) is 0 Å². The summed E-state index contributed by atoms with van der Waals surface area (Å²) in [5.41, 5.74) is 1.11. The first-order valence-corrected chi connectivity index (χ1v) is 4.83. The maximum atomic E-state index is 11.1. The second kappa shape index (κ2) is 8.72. The van der Waals surface area contributed by atoms with Gasteiger partial charge in [0, 0.05) is 20.2 Å². The molecule has 2 N–H and O–H groups in total. The lowest BCUT2D eigenvalue weighted by Crippen LogP contribution is -2.36. The molecule has 0 aliphatic heterocycles. The molecule has 0 rings (SSSR count). The van der Waals surface area contributed by atoms with E-state index in [-0.39, 0.29) is 5.91 Å². The zero-order valence-electron chi connectivity index (χ0n) is 9.06. The number of nitrogens with one attached hydrogen (secondary N) is 2. The van der Waals surface area contributed by atoms with Gasteiger partial charge in [-0.15, -0.1) is 0 Å². The molecule has 1 amide bonds. The number of ether oxygens (including phenoxy) is 1. The SMILES string of the molecule is C=C(CC)CNCC(=O)NCCOC. The van der Waals surface area contributed by atoms with Gasteiger partial charge < -0.3 is 15.4 Å². The van der Waals surface area contributed by atoms with Crippen LogP contribution in [0.4, 0.5) is 0 Å². The standard InChI is InChI=1S/C10H20N2O2/c1-4-9(2)7-11-8-10(13)12-5-6-14-3/h11H,2,4-8H2,1,3H3,(H,12,13). The summed E-state index contributed by atoms with van der Waals surface area (Å²) in [5, 5.41) is 5.73. The minimum absolute atomic E-state index is 0.00838. The summed E-state index contributed by atoms with van der Waals surface area (Å²) in [7, 11) is 1.61. The van der Waals surface area contributed by atoms with Crippen LogP contribution in [0.5, 0.6) is 0 Å². The molecule has 0 radical (unpaired) electrons. The van der Waals surface area contributed by atoms with E-state index in [1.807, 2.05) is 6.92 Å². The summed E-state index contributed by atoms with van der Waals surface area (Å²) in [4.78, 5) is 11.1. The van der Waals surface area contributed by atoms with Gasteiger partial charge in [0.25, 0.3) is 0 Å². The van der Waals surface area contributed by atoms with E-state index < -0.39 is 0 Å². The Balaban J connectivity index is 3.31. The molecule has 0 aromatic rings. The van der Waals surface area contributed by atoms with Crippen molar-refractivity contribution in [1.29, 1.82) is 0 Å². The van der Waals surface area contributed by atoms with Crippen LogP contribution in [0.25, 0.3) is 0 Å². The lowest BCUT2D eigenvalue weighted by Gasteiger charge is -2.06. The Bertz CT molecular complexity index is 181. The molecule has 0 aliphatic rings. The van der Waals surface area contributed by atoms with Gasteiger partial charge in [-0.25, -0.2) is 0 Å². The summed E-state index contributed by atoms with van der Waals surface area (Å²) in [5.74, 6) is -0.00838. The van der Waals surface area contributed by atoms with Gasteiger partial charge in [0.1, 0.15) is 0 Å². The van der Waals surface area contributed by atoms with Crippen molar-refractivity contribution in [2.45, 2.75) is 13.3 Å². The molecular formula is C10H20N2O2. The smallest absolute Gasteiger partial charge is 0.234 e. The third kappa shape index (κ3) is 7.76. The molecule has 0 atom stereocenters. The lowest BCUT2D eigenvalue weighted by molar-refractivity contribution is -0.120. The van der Waals surface area contributed by atoms with Crippen molar-refractivity contribution >= 4 is 5.91 Å². The molecule has 0 spiro atoms. The van der Waals surface area contributed by atoms with E-state index in [1.54, 1.807) is 7.11 Å². The highest BCUT2D eigenvalue weighted by Gasteiger charge is 1.99. The van der Waals surface area contributed by atoms with Crippen LogP contribution in [-0.4, -0.2) is 39.3 Å². The van der Waals surface area contributed by atoms with Crippen LogP contribution in [0.15, 0.2) is 12.2 Å². The minimum Gasteiger partial charge on any atom is -0.383 e. The van der Waals surface area contributed by atoms with E-state index in [0.717, 1.165) is 12.0 Å². The fourth-order valence-electron chi connectivity index (χ4n) is 0.833.